The Bertz CT molecular complexity index is 145. The van der Waals surface area contributed by atoms with Crippen LogP contribution in [0.2, 0.25) is 0 Å². The molecule has 0 aliphatic rings. The summed E-state index contributed by atoms with van der Waals surface area (Å²) < 4.78 is 15.8. The predicted octanol–water partition coefficient (Wildman–Crippen LogP) is -1.79. The first kappa shape index (κ1) is 14.0. The molecule has 0 saturated carbocycles. The molecule has 0 saturated heterocycles. The van der Waals surface area contributed by atoms with E-state index in [0.29, 0.717) is 13.0 Å². The van der Waals surface area contributed by atoms with E-state index in [0.717, 1.165) is 16.8 Å². The van der Waals surface area contributed by atoms with Crippen molar-refractivity contribution >= 4 is 10.2 Å². The van der Waals surface area contributed by atoms with E-state index in [4.69, 9.17) is 19.9 Å². The maximum absolute atomic E-state index is 5.39. The molecule has 1 atom stereocenters. The SMILES string of the molecule is COC(CC([SiH3])(OC)OC)NCCN. The number of ether oxygens (including phenoxy) is 3. The number of nitrogens with one attached hydrogen (secondary N) is 1. The number of hydrogen-bond acceptors (Lipinski definition) is 5. The van der Waals surface area contributed by atoms with Crippen molar-refractivity contribution in [3.05, 3.63) is 0 Å². The van der Waals surface area contributed by atoms with E-state index in [9.17, 15) is 0 Å². The van der Waals surface area contributed by atoms with Crippen LogP contribution in [-0.4, -0.2) is 56.3 Å². The highest BCUT2D eigenvalue weighted by atomic mass is 28.1. The lowest BCUT2D eigenvalue weighted by Gasteiger charge is -2.30. The van der Waals surface area contributed by atoms with Gasteiger partial charge in [0.05, 0.1) is 10.2 Å². The average Bonchev–Trinajstić information content (AvgIpc) is 2.23. The summed E-state index contributed by atoms with van der Waals surface area (Å²) in [5.41, 5.74) is 4.90. The van der Waals surface area contributed by atoms with Crippen LogP contribution in [0.1, 0.15) is 6.42 Å². The van der Waals surface area contributed by atoms with Crippen LogP contribution in [0.25, 0.3) is 0 Å². The van der Waals surface area contributed by atoms with Gasteiger partial charge in [0.2, 0.25) is 0 Å². The molecule has 0 spiro atoms. The van der Waals surface area contributed by atoms with Gasteiger partial charge in [-0.05, 0) is 0 Å². The zero-order valence-corrected chi connectivity index (χ0v) is 11.5. The van der Waals surface area contributed by atoms with Crippen molar-refractivity contribution in [1.82, 2.24) is 5.32 Å². The summed E-state index contributed by atoms with van der Waals surface area (Å²) in [7, 11) is 5.73. The fourth-order valence-corrected chi connectivity index (χ4v) is 1.44. The lowest BCUT2D eigenvalue weighted by atomic mass is 10.3. The van der Waals surface area contributed by atoms with Crippen molar-refractivity contribution < 1.29 is 14.2 Å². The largest absolute Gasteiger partial charge is 0.366 e. The Hall–Kier alpha value is 0.0169. The first-order valence-corrected chi connectivity index (χ1v) is 5.68. The molecular weight excluding hydrogens is 200 g/mol. The van der Waals surface area contributed by atoms with Gasteiger partial charge in [0, 0.05) is 40.8 Å². The van der Waals surface area contributed by atoms with Gasteiger partial charge < -0.3 is 19.9 Å². The highest BCUT2D eigenvalue weighted by Crippen LogP contribution is 2.14. The minimum absolute atomic E-state index is 0.0732. The lowest BCUT2D eigenvalue weighted by molar-refractivity contribution is -0.165. The van der Waals surface area contributed by atoms with Gasteiger partial charge in [0.25, 0.3) is 0 Å². The van der Waals surface area contributed by atoms with Crippen LogP contribution < -0.4 is 11.1 Å². The van der Waals surface area contributed by atoms with Crippen LogP contribution in [0.3, 0.4) is 0 Å². The molecular formula is C8H22N2O3Si. The van der Waals surface area contributed by atoms with E-state index in [1.807, 2.05) is 0 Å². The second kappa shape index (κ2) is 7.33. The molecule has 0 heterocycles. The molecule has 0 radical (unpaired) electrons. The third kappa shape index (κ3) is 5.04. The molecule has 86 valence electrons. The van der Waals surface area contributed by atoms with Crippen LogP contribution >= 0.6 is 0 Å². The molecule has 0 aliphatic carbocycles. The van der Waals surface area contributed by atoms with E-state index in [-0.39, 0.29) is 6.23 Å². The maximum Gasteiger partial charge on any atom is 0.144 e. The fraction of sp³-hybridized carbons (Fsp3) is 1.00. The minimum Gasteiger partial charge on any atom is -0.366 e. The van der Waals surface area contributed by atoms with Gasteiger partial charge in [-0.25, -0.2) is 0 Å². The Morgan fingerprint density at radius 1 is 1.36 bits per heavy atom. The normalized spacial score (nSPS) is 14.6. The summed E-state index contributed by atoms with van der Waals surface area (Å²) in [5.74, 6) is 0. The maximum atomic E-state index is 5.39. The quantitative estimate of drug-likeness (QED) is 0.375. The predicted molar refractivity (Wildman–Crippen MR) is 59.2 cm³/mol. The molecule has 0 aromatic rings. The molecule has 0 aromatic heterocycles. The Morgan fingerprint density at radius 3 is 2.29 bits per heavy atom. The second-order valence-electron chi connectivity index (χ2n) is 3.21. The monoisotopic (exact) mass is 222 g/mol. The third-order valence-electron chi connectivity index (χ3n) is 2.22. The second-order valence-corrected chi connectivity index (χ2v) is 4.74. The number of nitrogens with two attached hydrogens (primary N) is 1. The summed E-state index contributed by atoms with van der Waals surface area (Å²) in [5, 5.41) is 3.16. The molecule has 1 unspecified atom stereocenters. The summed E-state index contributed by atoms with van der Waals surface area (Å²) in [4.78, 5) is 0. The molecule has 0 fully saturated rings. The summed E-state index contributed by atoms with van der Waals surface area (Å²) in [6.45, 7) is 1.32. The minimum atomic E-state index is -0.484. The third-order valence-corrected chi connectivity index (χ3v) is 3.45. The van der Waals surface area contributed by atoms with Crippen molar-refractivity contribution in [3.8, 4) is 0 Å². The standard InChI is InChI=1S/C8H22N2O3Si/c1-11-7(10-5-4-9)6-8(14,12-2)13-3/h7,10H,4-6,9H2,1-3,14H3. The van der Waals surface area contributed by atoms with E-state index in [1.165, 1.54) is 0 Å². The highest BCUT2D eigenvalue weighted by Gasteiger charge is 2.26. The molecule has 6 heteroatoms. The molecule has 0 rings (SSSR count). The van der Waals surface area contributed by atoms with Gasteiger partial charge in [0.15, 0.2) is 0 Å². The topological polar surface area (TPSA) is 65.7 Å². The van der Waals surface area contributed by atoms with Gasteiger partial charge in [0.1, 0.15) is 11.6 Å². The van der Waals surface area contributed by atoms with Gasteiger partial charge in [-0.1, -0.05) is 0 Å². The molecule has 3 N–H and O–H groups in total. The lowest BCUT2D eigenvalue weighted by Crippen LogP contribution is -2.45. The Balaban J connectivity index is 4.00. The van der Waals surface area contributed by atoms with Gasteiger partial charge >= 0.3 is 0 Å². The van der Waals surface area contributed by atoms with Gasteiger partial charge in [-0.15, -0.1) is 0 Å². The first-order valence-electron chi connectivity index (χ1n) is 4.68. The highest BCUT2D eigenvalue weighted by molar-refractivity contribution is 6.13. The average molecular weight is 222 g/mol. The Labute approximate surface area is 88.7 Å². The zero-order chi connectivity index (χ0) is 11.0. The van der Waals surface area contributed by atoms with Crippen molar-refractivity contribution in [3.63, 3.8) is 0 Å². The van der Waals surface area contributed by atoms with Crippen LogP contribution in [0, 0.1) is 0 Å². The summed E-state index contributed by atoms with van der Waals surface area (Å²) >= 11 is 0. The van der Waals surface area contributed by atoms with Gasteiger partial charge in [-0.2, -0.15) is 0 Å². The van der Waals surface area contributed by atoms with Crippen molar-refractivity contribution in [2.45, 2.75) is 18.1 Å². The first-order chi connectivity index (χ1) is 6.61. The van der Waals surface area contributed by atoms with Gasteiger partial charge in [-0.3, -0.25) is 5.32 Å². The molecule has 14 heavy (non-hydrogen) atoms. The van der Waals surface area contributed by atoms with E-state index in [1.54, 1.807) is 21.3 Å². The smallest absolute Gasteiger partial charge is 0.144 e. The molecule has 5 nitrogen and oxygen atoms in total. The van der Waals surface area contributed by atoms with Crippen molar-refractivity contribution in [2.24, 2.45) is 5.73 Å². The number of methoxy groups -OCH3 is 3. The molecule has 0 amide bonds. The van der Waals surface area contributed by atoms with Crippen LogP contribution in [0.15, 0.2) is 0 Å². The van der Waals surface area contributed by atoms with Crippen molar-refractivity contribution in [2.75, 3.05) is 34.4 Å². The summed E-state index contributed by atoms with van der Waals surface area (Å²) in [6, 6.07) is 0. The molecule has 0 aliphatic heterocycles. The van der Waals surface area contributed by atoms with Crippen LogP contribution in [-0.2, 0) is 14.2 Å². The van der Waals surface area contributed by atoms with E-state index < -0.39 is 5.41 Å². The Morgan fingerprint density at radius 2 is 1.93 bits per heavy atom. The van der Waals surface area contributed by atoms with Crippen molar-refractivity contribution in [1.29, 1.82) is 0 Å². The van der Waals surface area contributed by atoms with Crippen LogP contribution in [0.4, 0.5) is 0 Å². The molecule has 0 aromatic carbocycles. The summed E-state index contributed by atoms with van der Waals surface area (Å²) in [6.07, 6.45) is 0.596. The zero-order valence-electron chi connectivity index (χ0n) is 9.50. The number of hydrogen-bond donors (Lipinski definition) is 2. The van der Waals surface area contributed by atoms with E-state index >= 15 is 0 Å². The molecule has 0 bridgehead atoms. The van der Waals surface area contributed by atoms with E-state index in [2.05, 4.69) is 5.32 Å². The Kier molecular flexibility index (Phi) is 7.34. The number of rotatable bonds is 8. The van der Waals surface area contributed by atoms with Crippen LogP contribution in [0.5, 0.6) is 0 Å². The fourth-order valence-electron chi connectivity index (χ4n) is 1.07.